The fraction of sp³-hybridized carbons (Fsp3) is 0.765. The third-order valence-corrected chi connectivity index (χ3v) is 24.3. The molecule has 0 aliphatic carbocycles. The minimum atomic E-state index is -1.92. The number of nitrogens with zero attached hydrogens (tertiary/aromatic N) is 20. The van der Waals surface area contributed by atoms with Gasteiger partial charge in [0, 0.05) is 346 Å². The van der Waals surface area contributed by atoms with E-state index < -0.39 is 281 Å². The first-order chi connectivity index (χ1) is 66.7. The minimum Gasteiger partial charge on any atom is -0.549 e. The van der Waals surface area contributed by atoms with Crippen LogP contribution in [0.5, 0.6) is 0 Å². The largest absolute Gasteiger partial charge is 3.00 e. The van der Waals surface area contributed by atoms with E-state index in [1.54, 1.807) is 19.6 Å². The van der Waals surface area contributed by atoms with E-state index in [9.17, 15) is 157 Å². The van der Waals surface area contributed by atoms with Crippen molar-refractivity contribution in [3.8, 4) is 0 Å². The number of amides is 8. The minimum absolute atomic E-state index is 0. The summed E-state index contributed by atoms with van der Waals surface area (Å²) in [4.78, 5) is 289. The molecule has 0 atom stereocenters. The molecule has 4 rings (SSSR count). The fourth-order valence-electron chi connectivity index (χ4n) is 16.1. The molecule has 0 aromatic carbocycles. The number of carboxylic acid groups (broad SMARTS) is 12. The molecule has 820 valence electrons. The van der Waals surface area contributed by atoms with E-state index in [-0.39, 0.29) is 395 Å². The monoisotopic (exact) mass is 2640 g/mol. The Morgan fingerprint density at radius 1 is 0.179 bits per heavy atom. The maximum atomic E-state index is 14.9. The van der Waals surface area contributed by atoms with E-state index >= 15 is 0 Å². The number of aliphatic carboxylic acids is 12. The maximum absolute atomic E-state index is 14.9. The van der Waals surface area contributed by atoms with Crippen molar-refractivity contribution in [2.24, 2.45) is 5.41 Å². The third kappa shape index (κ3) is 62.6. The van der Waals surface area contributed by atoms with Crippen LogP contribution in [0.3, 0.4) is 0 Å². The number of likely N-dealkylation sites (N-methyl/N-ethyl adjacent to an activating group) is 4. The van der Waals surface area contributed by atoms with Gasteiger partial charge >= 0.3 is 160 Å². The normalized spacial score (nSPS) is 17.6. The summed E-state index contributed by atoms with van der Waals surface area (Å²) in [5.41, 5.74) is -1.92. The Balaban J connectivity index is 0.0000518. The van der Waals surface area contributed by atoms with Crippen LogP contribution in [0.25, 0.3) is 0 Å². The molecule has 4 saturated heterocycles. The Kier molecular flexibility index (Phi) is 73.4. The summed E-state index contributed by atoms with van der Waals surface area (Å²) in [5.74, 6) is -24.2. The Morgan fingerprint density at radius 3 is 0.352 bits per heavy atom. The molecule has 0 aromatic rings. The van der Waals surface area contributed by atoms with Crippen LogP contribution in [-0.4, -0.2) is 610 Å². The zero-order valence-corrected chi connectivity index (χ0v) is 91.4. The number of hydrogen-bond acceptors (Lipinski definition) is 48. The van der Waals surface area contributed by atoms with E-state index in [0.29, 0.717) is 0 Å². The Labute approximate surface area is 970 Å². The van der Waals surface area contributed by atoms with Crippen molar-refractivity contribution >= 4 is 119 Å². The molecule has 145 heavy (non-hydrogen) atoms. The zero-order chi connectivity index (χ0) is 105. The Morgan fingerprint density at radius 2 is 0.269 bits per heavy atom. The van der Waals surface area contributed by atoms with Crippen molar-refractivity contribution in [2.75, 3.05) is 393 Å². The van der Waals surface area contributed by atoms with E-state index in [4.69, 9.17) is 0 Å². The van der Waals surface area contributed by atoms with Crippen LogP contribution in [0.1, 0.15) is 27.7 Å². The van der Waals surface area contributed by atoms with Gasteiger partial charge in [-0.25, -0.2) is 0 Å². The maximum Gasteiger partial charge on any atom is 3.00 e. The van der Waals surface area contributed by atoms with Gasteiger partial charge in [0.05, 0.1) is 124 Å². The van der Waals surface area contributed by atoms with Crippen LogP contribution >= 0.6 is 0 Å². The van der Waals surface area contributed by atoms with Crippen LogP contribution in [0, 0.1) is 165 Å². The van der Waals surface area contributed by atoms with Crippen molar-refractivity contribution in [3.05, 3.63) is 0 Å². The summed E-state index contributed by atoms with van der Waals surface area (Å²) in [7, 11) is 0. The van der Waals surface area contributed by atoms with Gasteiger partial charge in [0.2, 0.25) is 47.3 Å². The smallest absolute Gasteiger partial charge is 0.549 e. The summed E-state index contributed by atoms with van der Waals surface area (Å²) in [6.07, 6.45) is 0. The van der Waals surface area contributed by atoms with Gasteiger partial charge < -0.3 is 160 Å². The molecule has 0 bridgehead atoms. The molecular formula is C85H136Gd4N24O32. The van der Waals surface area contributed by atoms with Gasteiger partial charge in [-0.2, -0.15) is 0 Å². The first kappa shape index (κ1) is 139. The number of carboxylic acids is 12. The summed E-state index contributed by atoms with van der Waals surface area (Å²) in [6, 6.07) is 0. The predicted molar refractivity (Wildman–Crippen MR) is 467 cm³/mol. The SMILES string of the molecule is CCN(CC(=O)NCC(CNC(=O)CN(CC)C(=O)CN1CCN(CC(=O)[O-])CCN(CC(=O)[O-])CCN(CC(=O)[O-])CC1)(CNC(=O)CN(CC)C(=O)CN1CCN(CC(=O)[O-])CCN(CC(=O)[O-])CCN(CC(=O)[O-])CC1)CNC(=O)CN(CC)C(=O)CN1CCN(CC(=O)[O-])CCN(CC(=O)[O-])CCN(CC(=O)[O-])CC1)C(=O)CN1CCN(CC(=O)[O-])CCN(CC(=O)[O-])CCN(CC(=O)[O-])CC1.[Gd+3].[Gd+3].[Gd+3].[Gd+3]. The van der Waals surface area contributed by atoms with Crippen LogP contribution in [-0.2, 0) is 95.9 Å². The molecule has 4 aliphatic rings. The zero-order valence-electron chi connectivity index (χ0n) is 82.3. The van der Waals surface area contributed by atoms with Crippen LogP contribution in [0.4, 0.5) is 0 Å². The van der Waals surface area contributed by atoms with Crippen molar-refractivity contribution < 1.29 is 317 Å². The van der Waals surface area contributed by atoms with Crippen LogP contribution < -0.4 is 82.5 Å². The summed E-state index contributed by atoms with van der Waals surface area (Å²) < 4.78 is 0. The van der Waals surface area contributed by atoms with Crippen LogP contribution in [0.15, 0.2) is 0 Å². The molecule has 4 fully saturated rings. The van der Waals surface area contributed by atoms with Gasteiger partial charge in [0.25, 0.3) is 0 Å². The fourth-order valence-corrected chi connectivity index (χ4v) is 16.1. The molecule has 60 heteroatoms. The van der Waals surface area contributed by atoms with E-state index in [1.807, 2.05) is 0 Å². The summed E-state index contributed by atoms with van der Waals surface area (Å²) >= 11 is 0. The number of carbonyl (C=O) groups excluding carboxylic acids is 20. The second kappa shape index (κ2) is 76.6. The molecule has 4 heterocycles. The first-order valence-electron chi connectivity index (χ1n) is 46.9. The Bertz CT molecular complexity index is 3490. The molecular weight excluding hydrogens is 2500 g/mol. The topological polar surface area (TPSA) is 731 Å². The number of rotatable bonds is 52. The second-order valence-electron chi connectivity index (χ2n) is 35.1. The average molecular weight is 2640 g/mol. The van der Waals surface area contributed by atoms with Gasteiger partial charge in [-0.05, 0) is 27.7 Å². The molecule has 4 aliphatic heterocycles. The number of hydrogen-bond donors (Lipinski definition) is 4. The molecule has 56 nitrogen and oxygen atoms in total. The second-order valence-corrected chi connectivity index (χ2v) is 35.1. The van der Waals surface area contributed by atoms with Gasteiger partial charge in [-0.15, -0.1) is 0 Å². The van der Waals surface area contributed by atoms with E-state index in [2.05, 4.69) is 21.3 Å². The van der Waals surface area contributed by atoms with Gasteiger partial charge in [0.15, 0.2) is 0 Å². The summed E-state index contributed by atoms with van der Waals surface area (Å²) in [6.45, 7) is -11.0. The van der Waals surface area contributed by atoms with Gasteiger partial charge in [-0.1, -0.05) is 0 Å². The first-order valence-corrected chi connectivity index (χ1v) is 46.9. The molecule has 4 radical (unpaired) electrons. The van der Waals surface area contributed by atoms with E-state index in [1.165, 1.54) is 86.5 Å². The average Bonchev–Trinajstić information content (AvgIpc) is 0.836. The van der Waals surface area contributed by atoms with Crippen molar-refractivity contribution in [1.29, 1.82) is 0 Å². The van der Waals surface area contributed by atoms with Gasteiger partial charge in [-0.3, -0.25) is 117 Å². The van der Waals surface area contributed by atoms with Gasteiger partial charge in [0.1, 0.15) is 0 Å². The molecule has 4 N–H and O–H groups in total. The van der Waals surface area contributed by atoms with Crippen molar-refractivity contribution in [1.82, 2.24) is 119 Å². The number of carbonyl (C=O) groups is 20. The van der Waals surface area contributed by atoms with Crippen LogP contribution in [0.2, 0.25) is 0 Å². The predicted octanol–water partition coefficient (Wildman–Crippen LogP) is -28.3. The molecule has 0 saturated carbocycles. The number of nitrogens with one attached hydrogen (secondary N) is 4. The van der Waals surface area contributed by atoms with Crippen molar-refractivity contribution in [2.45, 2.75) is 27.7 Å². The molecule has 0 aromatic heterocycles. The molecule has 0 spiro atoms. The molecule has 8 amide bonds. The summed E-state index contributed by atoms with van der Waals surface area (Å²) in [5, 5.41) is 154. The molecule has 0 unspecified atom stereocenters. The Hall–Kier alpha value is -5.94. The standard InChI is InChI=1S/C85H148N24O32.4Gd/c1-5-106(69(114)45-90-9-17-94(49-73(118)119)25-33-102(57-81(134)135)34-26-95(18-10-90)50-74(120)121)41-65(110)86-61-85(62-87-66(111)42-107(6-2)70(115)46-91-11-19-96(51-75(122)123)27-35-103(58-82(136)137)36-28-97(20-12-91)52-76(124)125,63-88-67(112)43-108(7-3)71(116)47-92-13-21-98(53-77(126)127)29-37-104(59-83(138)139)38-30-99(22-14-92)54-78(128)129)64-89-68(113)44-109(8-4)72(117)48-93-15-23-100(55-79(130)131)31-39-105(60-84(140)141)40-32-101(24-16-93)56-80(132)133;;;;/h5-64H2,1-4H3,(H,86,110)(H,87,111)(H,88,112)(H,89,113)(H,118,119)(H,120,121)(H,122,123)(H,124,125)(H,126,127)(H,128,129)(H,130,131)(H,132,133)(H,134,135)(H,136,137)(H,138,139)(H,140,141);;;;/q;4*+3/p-12. The van der Waals surface area contributed by atoms with Crippen molar-refractivity contribution in [3.63, 3.8) is 0 Å². The van der Waals surface area contributed by atoms with E-state index in [0.717, 1.165) is 19.6 Å². The quantitative estimate of drug-likeness (QED) is 0.0439. The third-order valence-electron chi connectivity index (χ3n) is 24.3.